The number of nitrogens with one attached hydrogen (secondary N) is 1. The van der Waals surface area contributed by atoms with Crippen LogP contribution in [0, 0.1) is 5.82 Å². The molecule has 0 aliphatic carbocycles. The molecule has 22 heavy (non-hydrogen) atoms. The molecule has 3 aromatic rings. The summed E-state index contributed by atoms with van der Waals surface area (Å²) in [5.74, 6) is -0.264. The SMILES string of the molecule is Oc1cccc(-c2cncc(Nc3ccc(F)c(Cl)c3)c2)c1. The first-order chi connectivity index (χ1) is 10.6. The van der Waals surface area contributed by atoms with Gasteiger partial charge in [0.25, 0.3) is 0 Å². The molecule has 1 aromatic heterocycles. The van der Waals surface area contributed by atoms with Gasteiger partial charge in [-0.2, -0.15) is 0 Å². The highest BCUT2D eigenvalue weighted by atomic mass is 35.5. The third kappa shape index (κ3) is 3.18. The lowest BCUT2D eigenvalue weighted by molar-refractivity contribution is 0.475. The second-order valence-electron chi connectivity index (χ2n) is 4.77. The molecule has 1 heterocycles. The zero-order valence-corrected chi connectivity index (χ0v) is 12.2. The van der Waals surface area contributed by atoms with Gasteiger partial charge >= 0.3 is 0 Å². The molecule has 0 aliphatic heterocycles. The fourth-order valence-electron chi connectivity index (χ4n) is 2.09. The Morgan fingerprint density at radius 3 is 2.59 bits per heavy atom. The number of anilines is 2. The molecule has 0 radical (unpaired) electrons. The number of hydrogen-bond donors (Lipinski definition) is 2. The third-order valence-corrected chi connectivity index (χ3v) is 3.42. The van der Waals surface area contributed by atoms with Crippen molar-refractivity contribution in [1.82, 2.24) is 4.98 Å². The second-order valence-corrected chi connectivity index (χ2v) is 5.17. The normalized spacial score (nSPS) is 10.5. The summed E-state index contributed by atoms with van der Waals surface area (Å²) >= 11 is 5.77. The number of aromatic nitrogens is 1. The van der Waals surface area contributed by atoms with Gasteiger partial charge < -0.3 is 10.4 Å². The van der Waals surface area contributed by atoms with E-state index in [9.17, 15) is 9.50 Å². The quantitative estimate of drug-likeness (QED) is 0.716. The van der Waals surface area contributed by atoms with Crippen LogP contribution >= 0.6 is 11.6 Å². The largest absolute Gasteiger partial charge is 0.508 e. The van der Waals surface area contributed by atoms with Crippen LogP contribution in [-0.2, 0) is 0 Å². The number of halogens is 2. The maximum absolute atomic E-state index is 13.2. The van der Waals surface area contributed by atoms with Crippen molar-refractivity contribution in [3.05, 3.63) is 71.8 Å². The summed E-state index contributed by atoms with van der Waals surface area (Å²) in [6.45, 7) is 0. The fraction of sp³-hybridized carbons (Fsp3) is 0. The average Bonchev–Trinajstić information content (AvgIpc) is 2.51. The number of benzene rings is 2. The average molecular weight is 315 g/mol. The summed E-state index contributed by atoms with van der Waals surface area (Å²) in [6, 6.07) is 13.2. The molecule has 0 aliphatic rings. The highest BCUT2D eigenvalue weighted by Gasteiger charge is 2.04. The van der Waals surface area contributed by atoms with E-state index in [-0.39, 0.29) is 10.8 Å². The van der Waals surface area contributed by atoms with Gasteiger partial charge in [0, 0.05) is 17.4 Å². The highest BCUT2D eigenvalue weighted by Crippen LogP contribution is 2.27. The van der Waals surface area contributed by atoms with E-state index in [0.29, 0.717) is 5.69 Å². The van der Waals surface area contributed by atoms with Gasteiger partial charge in [-0.1, -0.05) is 23.7 Å². The molecule has 0 saturated carbocycles. The van der Waals surface area contributed by atoms with E-state index in [1.165, 1.54) is 12.1 Å². The monoisotopic (exact) mass is 314 g/mol. The van der Waals surface area contributed by atoms with E-state index in [2.05, 4.69) is 10.3 Å². The van der Waals surface area contributed by atoms with Crippen LogP contribution in [0.4, 0.5) is 15.8 Å². The first-order valence-corrected chi connectivity index (χ1v) is 6.96. The van der Waals surface area contributed by atoms with Crippen molar-refractivity contribution >= 4 is 23.0 Å². The van der Waals surface area contributed by atoms with Gasteiger partial charge in [0.1, 0.15) is 11.6 Å². The Bertz CT molecular complexity index is 823. The van der Waals surface area contributed by atoms with Crippen LogP contribution in [0.5, 0.6) is 5.75 Å². The van der Waals surface area contributed by atoms with Crippen LogP contribution in [0.25, 0.3) is 11.1 Å². The van der Waals surface area contributed by atoms with Gasteiger partial charge in [0.15, 0.2) is 0 Å². The van der Waals surface area contributed by atoms with Crippen molar-refractivity contribution in [1.29, 1.82) is 0 Å². The minimum atomic E-state index is -0.459. The molecule has 0 atom stereocenters. The zero-order chi connectivity index (χ0) is 15.5. The Hall–Kier alpha value is -2.59. The van der Waals surface area contributed by atoms with Gasteiger partial charge in [-0.3, -0.25) is 4.98 Å². The Morgan fingerprint density at radius 2 is 1.82 bits per heavy atom. The predicted molar refractivity (Wildman–Crippen MR) is 86.0 cm³/mol. The molecule has 0 amide bonds. The van der Waals surface area contributed by atoms with E-state index in [4.69, 9.17) is 11.6 Å². The molecule has 2 N–H and O–H groups in total. The van der Waals surface area contributed by atoms with Crippen molar-refractivity contribution in [3.63, 3.8) is 0 Å². The number of phenolic OH excluding ortho intramolecular Hbond substituents is 1. The standard InChI is InChI=1S/C17H12ClFN2O/c18-16-8-13(4-5-17(16)19)21-14-6-12(9-20-10-14)11-2-1-3-15(22)7-11/h1-10,21-22H. The van der Waals surface area contributed by atoms with Crippen LogP contribution in [0.3, 0.4) is 0 Å². The third-order valence-electron chi connectivity index (χ3n) is 3.13. The number of aromatic hydroxyl groups is 1. The number of rotatable bonds is 3. The van der Waals surface area contributed by atoms with Gasteiger partial charge in [-0.15, -0.1) is 0 Å². The maximum atomic E-state index is 13.2. The molecular weight excluding hydrogens is 303 g/mol. The van der Waals surface area contributed by atoms with Crippen LogP contribution in [0.15, 0.2) is 60.9 Å². The minimum Gasteiger partial charge on any atom is -0.508 e. The Balaban J connectivity index is 1.89. The lowest BCUT2D eigenvalue weighted by Crippen LogP contribution is -1.92. The number of phenols is 1. The summed E-state index contributed by atoms with van der Waals surface area (Å²) in [6.07, 6.45) is 3.36. The van der Waals surface area contributed by atoms with Crippen LogP contribution in [-0.4, -0.2) is 10.1 Å². The number of nitrogens with zero attached hydrogens (tertiary/aromatic N) is 1. The van der Waals surface area contributed by atoms with E-state index in [1.54, 1.807) is 36.7 Å². The van der Waals surface area contributed by atoms with E-state index >= 15 is 0 Å². The lowest BCUT2D eigenvalue weighted by Gasteiger charge is -2.09. The van der Waals surface area contributed by atoms with Crippen molar-refractivity contribution in [2.45, 2.75) is 0 Å². The first-order valence-electron chi connectivity index (χ1n) is 6.58. The minimum absolute atomic E-state index is 0.0575. The molecule has 0 spiro atoms. The van der Waals surface area contributed by atoms with Gasteiger partial charge in [0.05, 0.1) is 16.9 Å². The molecule has 0 saturated heterocycles. The summed E-state index contributed by atoms with van der Waals surface area (Å²) in [4.78, 5) is 4.18. The summed E-state index contributed by atoms with van der Waals surface area (Å²) < 4.78 is 13.2. The van der Waals surface area contributed by atoms with Crippen molar-refractivity contribution in [2.75, 3.05) is 5.32 Å². The predicted octanol–water partition coefficient (Wildman–Crippen LogP) is 4.99. The molecular formula is C17H12ClFN2O. The molecule has 110 valence electrons. The maximum Gasteiger partial charge on any atom is 0.141 e. The summed E-state index contributed by atoms with van der Waals surface area (Å²) in [5, 5.41) is 12.7. The molecule has 0 unspecified atom stereocenters. The summed E-state index contributed by atoms with van der Waals surface area (Å²) in [7, 11) is 0. The Morgan fingerprint density at radius 1 is 0.955 bits per heavy atom. The van der Waals surface area contributed by atoms with Crippen LogP contribution in [0.1, 0.15) is 0 Å². The van der Waals surface area contributed by atoms with Gasteiger partial charge in [-0.05, 0) is 42.0 Å². The van der Waals surface area contributed by atoms with Crippen LogP contribution in [0.2, 0.25) is 5.02 Å². The van der Waals surface area contributed by atoms with E-state index in [0.717, 1.165) is 16.8 Å². The van der Waals surface area contributed by atoms with E-state index in [1.807, 2.05) is 12.1 Å². The van der Waals surface area contributed by atoms with Crippen molar-refractivity contribution < 1.29 is 9.50 Å². The Labute approximate surface area is 132 Å². The van der Waals surface area contributed by atoms with Gasteiger partial charge in [0.2, 0.25) is 0 Å². The highest BCUT2D eigenvalue weighted by molar-refractivity contribution is 6.31. The number of pyridine rings is 1. The van der Waals surface area contributed by atoms with Crippen molar-refractivity contribution in [3.8, 4) is 16.9 Å². The summed E-state index contributed by atoms with van der Waals surface area (Å²) in [5.41, 5.74) is 3.12. The topological polar surface area (TPSA) is 45.2 Å². The van der Waals surface area contributed by atoms with Crippen molar-refractivity contribution in [2.24, 2.45) is 0 Å². The zero-order valence-electron chi connectivity index (χ0n) is 11.4. The smallest absolute Gasteiger partial charge is 0.141 e. The molecule has 5 heteroatoms. The van der Waals surface area contributed by atoms with Crippen LogP contribution < -0.4 is 5.32 Å². The molecule has 3 nitrogen and oxygen atoms in total. The van der Waals surface area contributed by atoms with Gasteiger partial charge in [-0.25, -0.2) is 4.39 Å². The molecule has 3 rings (SSSR count). The van der Waals surface area contributed by atoms with E-state index < -0.39 is 5.82 Å². The molecule has 0 bridgehead atoms. The first kappa shape index (κ1) is 14.4. The molecule has 2 aromatic carbocycles. The Kier molecular flexibility index (Phi) is 3.94. The molecule has 0 fully saturated rings. The number of hydrogen-bond acceptors (Lipinski definition) is 3. The second kappa shape index (κ2) is 6.03. The fourth-order valence-corrected chi connectivity index (χ4v) is 2.27. The lowest BCUT2D eigenvalue weighted by atomic mass is 10.1.